The second kappa shape index (κ2) is 2.91. The molecule has 0 aliphatic rings. The van der Waals surface area contributed by atoms with Crippen molar-refractivity contribution in [3.8, 4) is 0 Å². The van der Waals surface area contributed by atoms with Crippen LogP contribution in [0.4, 0.5) is 0 Å². The van der Waals surface area contributed by atoms with Crippen LogP contribution in [-0.4, -0.2) is 39.1 Å². The van der Waals surface area contributed by atoms with E-state index in [1.165, 1.54) is 0 Å². The summed E-state index contributed by atoms with van der Waals surface area (Å²) in [6, 6.07) is 0. The third-order valence-electron chi connectivity index (χ3n) is 1.18. The van der Waals surface area contributed by atoms with Crippen molar-refractivity contribution in [1.29, 1.82) is 0 Å². The zero-order valence-electron chi connectivity index (χ0n) is 6.30. The van der Waals surface area contributed by atoms with Gasteiger partial charge in [-0.1, -0.05) is 0 Å². The van der Waals surface area contributed by atoms with Crippen LogP contribution < -0.4 is 5.73 Å². The SMILES string of the molecule is CC(N)(CC(O)(O)O)S(=O)(=O)O. The van der Waals surface area contributed by atoms with Gasteiger partial charge in [0.2, 0.25) is 0 Å². The number of rotatable bonds is 3. The van der Waals surface area contributed by atoms with Gasteiger partial charge in [0, 0.05) is 0 Å². The fraction of sp³-hybridized carbons (Fsp3) is 1.00. The van der Waals surface area contributed by atoms with E-state index in [2.05, 4.69) is 0 Å². The standard InChI is InChI=1S/C4H11NO6S/c1-3(5,12(9,10)11)2-4(6,7)8/h6-8H,2,5H2,1H3,(H,9,10,11). The largest absolute Gasteiger partial charge is 0.344 e. The maximum absolute atomic E-state index is 10.4. The highest BCUT2D eigenvalue weighted by molar-refractivity contribution is 7.87. The van der Waals surface area contributed by atoms with Gasteiger partial charge in [-0.2, -0.15) is 8.42 Å². The highest BCUT2D eigenvalue weighted by atomic mass is 32.2. The molecule has 6 N–H and O–H groups in total. The van der Waals surface area contributed by atoms with Gasteiger partial charge in [0.1, 0.15) is 4.87 Å². The Morgan fingerprint density at radius 2 is 1.67 bits per heavy atom. The minimum atomic E-state index is -4.64. The third-order valence-corrected chi connectivity index (χ3v) is 2.50. The first kappa shape index (κ1) is 11.8. The lowest BCUT2D eigenvalue weighted by Crippen LogP contribution is -2.51. The monoisotopic (exact) mass is 201 g/mol. The molecule has 7 nitrogen and oxygen atoms in total. The second-order valence-electron chi connectivity index (χ2n) is 2.74. The predicted molar refractivity (Wildman–Crippen MR) is 38.1 cm³/mol. The Balaban J connectivity index is 4.68. The van der Waals surface area contributed by atoms with Crippen molar-refractivity contribution in [1.82, 2.24) is 0 Å². The van der Waals surface area contributed by atoms with Crippen molar-refractivity contribution in [2.45, 2.75) is 24.2 Å². The Kier molecular flexibility index (Phi) is 2.85. The summed E-state index contributed by atoms with van der Waals surface area (Å²) < 4.78 is 29.3. The minimum Gasteiger partial charge on any atom is -0.344 e. The van der Waals surface area contributed by atoms with Crippen molar-refractivity contribution in [3.63, 3.8) is 0 Å². The number of hydrogen-bond acceptors (Lipinski definition) is 6. The molecule has 0 aromatic carbocycles. The Morgan fingerprint density at radius 3 is 1.75 bits per heavy atom. The Bertz CT molecular complexity index is 249. The molecule has 0 radical (unpaired) electrons. The molecular weight excluding hydrogens is 190 g/mol. The smallest absolute Gasteiger partial charge is 0.283 e. The van der Waals surface area contributed by atoms with Crippen LogP contribution in [0.3, 0.4) is 0 Å². The summed E-state index contributed by atoms with van der Waals surface area (Å²) >= 11 is 0. The topological polar surface area (TPSA) is 141 Å². The molecule has 0 aliphatic heterocycles. The van der Waals surface area contributed by atoms with Gasteiger partial charge in [0.05, 0.1) is 6.42 Å². The van der Waals surface area contributed by atoms with Gasteiger partial charge in [-0.05, 0) is 6.92 Å². The van der Waals surface area contributed by atoms with E-state index < -0.39 is 27.4 Å². The van der Waals surface area contributed by atoms with Gasteiger partial charge in [-0.25, -0.2) is 0 Å². The summed E-state index contributed by atoms with van der Waals surface area (Å²) in [5.41, 5.74) is 4.96. The van der Waals surface area contributed by atoms with Crippen LogP contribution in [0.25, 0.3) is 0 Å². The molecule has 74 valence electrons. The van der Waals surface area contributed by atoms with Crippen LogP contribution in [-0.2, 0) is 10.1 Å². The number of nitrogens with two attached hydrogens (primary N) is 1. The van der Waals surface area contributed by atoms with E-state index >= 15 is 0 Å². The summed E-state index contributed by atoms with van der Waals surface area (Å²) in [4.78, 5) is -2.30. The molecule has 0 fully saturated rings. The molecule has 0 aromatic heterocycles. The normalized spacial score (nSPS) is 18.8. The van der Waals surface area contributed by atoms with Crippen LogP contribution in [0.1, 0.15) is 13.3 Å². The van der Waals surface area contributed by atoms with Crippen LogP contribution >= 0.6 is 0 Å². The fourth-order valence-corrected chi connectivity index (χ4v) is 0.938. The molecule has 0 saturated carbocycles. The van der Waals surface area contributed by atoms with E-state index in [0.29, 0.717) is 0 Å². The highest BCUT2D eigenvalue weighted by Crippen LogP contribution is 2.18. The summed E-state index contributed by atoms with van der Waals surface area (Å²) in [5, 5.41) is 25.1. The quantitative estimate of drug-likeness (QED) is 0.252. The lowest BCUT2D eigenvalue weighted by molar-refractivity contribution is -0.317. The first-order valence-corrected chi connectivity index (χ1v) is 4.33. The average molecular weight is 201 g/mol. The summed E-state index contributed by atoms with van der Waals surface area (Å²) in [6.07, 6.45) is -1.11. The van der Waals surface area contributed by atoms with Crippen LogP contribution in [0.2, 0.25) is 0 Å². The van der Waals surface area contributed by atoms with E-state index in [1.54, 1.807) is 0 Å². The minimum absolute atomic E-state index is 0.833. The van der Waals surface area contributed by atoms with Gasteiger partial charge >= 0.3 is 0 Å². The molecule has 0 spiro atoms. The Hall–Kier alpha value is -0.250. The Morgan fingerprint density at radius 1 is 1.33 bits per heavy atom. The van der Waals surface area contributed by atoms with Crippen LogP contribution in [0.5, 0.6) is 0 Å². The van der Waals surface area contributed by atoms with E-state index in [0.717, 1.165) is 6.92 Å². The van der Waals surface area contributed by atoms with Crippen LogP contribution in [0.15, 0.2) is 0 Å². The van der Waals surface area contributed by atoms with Crippen molar-refractivity contribution in [2.24, 2.45) is 5.73 Å². The zero-order chi connectivity index (χ0) is 10.2. The molecule has 1 atom stereocenters. The molecule has 0 aromatic rings. The predicted octanol–water partition coefficient (Wildman–Crippen LogP) is -2.43. The van der Waals surface area contributed by atoms with Crippen molar-refractivity contribution in [3.05, 3.63) is 0 Å². The molecule has 0 rings (SSSR count). The molecule has 0 heterocycles. The van der Waals surface area contributed by atoms with Gasteiger partial charge in [0.25, 0.3) is 16.1 Å². The van der Waals surface area contributed by atoms with E-state index in [-0.39, 0.29) is 0 Å². The van der Waals surface area contributed by atoms with Crippen LogP contribution in [0, 0.1) is 0 Å². The van der Waals surface area contributed by atoms with Crippen molar-refractivity contribution >= 4 is 10.1 Å². The summed E-state index contributed by atoms with van der Waals surface area (Å²) in [6.45, 7) is 0.833. The van der Waals surface area contributed by atoms with Gasteiger partial charge in [-0.15, -0.1) is 0 Å². The maximum Gasteiger partial charge on any atom is 0.283 e. The average Bonchev–Trinajstić information content (AvgIpc) is 1.52. The highest BCUT2D eigenvalue weighted by Gasteiger charge is 2.41. The van der Waals surface area contributed by atoms with E-state index in [9.17, 15) is 8.42 Å². The summed E-state index contributed by atoms with van der Waals surface area (Å²) in [5.74, 6) is -3.22. The molecule has 0 amide bonds. The summed E-state index contributed by atoms with van der Waals surface area (Å²) in [7, 11) is -4.64. The molecular formula is C4H11NO6S. The zero-order valence-corrected chi connectivity index (χ0v) is 7.11. The molecule has 0 saturated heterocycles. The fourth-order valence-electron chi connectivity index (χ4n) is 0.562. The Labute approximate surface area is 69.2 Å². The second-order valence-corrected chi connectivity index (χ2v) is 4.62. The van der Waals surface area contributed by atoms with E-state index in [1.807, 2.05) is 0 Å². The molecule has 12 heavy (non-hydrogen) atoms. The molecule has 8 heteroatoms. The van der Waals surface area contributed by atoms with Gasteiger partial charge in [0.15, 0.2) is 0 Å². The molecule has 1 unspecified atom stereocenters. The van der Waals surface area contributed by atoms with E-state index in [4.69, 9.17) is 25.6 Å². The van der Waals surface area contributed by atoms with Gasteiger partial charge < -0.3 is 21.1 Å². The first-order chi connectivity index (χ1) is 4.96. The van der Waals surface area contributed by atoms with Gasteiger partial charge in [-0.3, -0.25) is 4.55 Å². The maximum atomic E-state index is 10.4. The van der Waals surface area contributed by atoms with Crippen molar-refractivity contribution < 1.29 is 28.3 Å². The molecule has 0 aliphatic carbocycles. The lowest BCUT2D eigenvalue weighted by Gasteiger charge is -2.25. The number of hydrogen-bond donors (Lipinski definition) is 5. The molecule has 0 bridgehead atoms. The van der Waals surface area contributed by atoms with Crippen molar-refractivity contribution in [2.75, 3.05) is 0 Å². The first-order valence-electron chi connectivity index (χ1n) is 2.89. The lowest BCUT2D eigenvalue weighted by atomic mass is 10.2. The number of aliphatic hydroxyl groups is 3. The third kappa shape index (κ3) is 3.43.